The number of likely N-dealkylation sites (tertiary alicyclic amines) is 1. The van der Waals surface area contributed by atoms with Crippen LogP contribution in [0.15, 0.2) is 30.3 Å². The molecule has 2 fully saturated rings. The third kappa shape index (κ3) is 3.54. The van der Waals surface area contributed by atoms with Gasteiger partial charge in [0, 0.05) is 26.7 Å². The van der Waals surface area contributed by atoms with Gasteiger partial charge in [0.1, 0.15) is 6.61 Å². The second-order valence-electron chi connectivity index (χ2n) is 5.97. The van der Waals surface area contributed by atoms with Crippen LogP contribution in [0.5, 0.6) is 0 Å². The Bertz CT molecular complexity index is 563. The Kier molecular flexibility index (Phi) is 4.93. The summed E-state index contributed by atoms with van der Waals surface area (Å²) in [6.07, 6.45) is 0.269. The minimum Gasteiger partial charge on any atom is -0.384 e. The number of ether oxygens (including phenoxy) is 2. The van der Waals surface area contributed by atoms with Crippen LogP contribution in [0.1, 0.15) is 12.0 Å². The summed E-state index contributed by atoms with van der Waals surface area (Å²) in [6.45, 7) is 2.15. The van der Waals surface area contributed by atoms with Gasteiger partial charge in [-0.2, -0.15) is 0 Å². The van der Waals surface area contributed by atoms with E-state index < -0.39 is 0 Å². The molecular weight excluding hydrogens is 296 g/mol. The van der Waals surface area contributed by atoms with Crippen molar-refractivity contribution in [3.8, 4) is 0 Å². The molecule has 2 aliphatic heterocycles. The maximum atomic E-state index is 12.3. The van der Waals surface area contributed by atoms with E-state index in [2.05, 4.69) is 0 Å². The third-order valence-electron chi connectivity index (χ3n) is 4.45. The molecule has 0 radical (unpaired) electrons. The van der Waals surface area contributed by atoms with Crippen LogP contribution >= 0.6 is 0 Å². The van der Waals surface area contributed by atoms with E-state index in [1.54, 1.807) is 12.0 Å². The number of nitrogens with zero attached hydrogens (tertiary/aromatic N) is 2. The lowest BCUT2D eigenvalue weighted by Crippen LogP contribution is -2.53. The average molecular weight is 318 g/mol. The predicted molar refractivity (Wildman–Crippen MR) is 83.6 cm³/mol. The van der Waals surface area contributed by atoms with Gasteiger partial charge in [0.05, 0.1) is 25.2 Å². The topological polar surface area (TPSA) is 59.1 Å². The standard InChI is InChI=1S/C17H22N2O4/c1-22-8-7-16(20)18-10-14-15(11-18)23-12-17(21)19(14)9-13-5-3-2-4-6-13/h2-6,14-15H,7-12H2,1H3. The van der Waals surface area contributed by atoms with Crippen LogP contribution in [-0.2, 0) is 25.6 Å². The second-order valence-corrected chi connectivity index (χ2v) is 5.97. The SMILES string of the molecule is COCCC(=O)N1CC2OCC(=O)N(Cc3ccccc3)C2C1. The van der Waals surface area contributed by atoms with Gasteiger partial charge in [-0.05, 0) is 5.56 Å². The number of hydrogen-bond acceptors (Lipinski definition) is 4. The zero-order chi connectivity index (χ0) is 16.2. The zero-order valence-electron chi connectivity index (χ0n) is 13.3. The normalized spacial score (nSPS) is 24.0. The fourth-order valence-electron chi connectivity index (χ4n) is 3.20. The van der Waals surface area contributed by atoms with Gasteiger partial charge < -0.3 is 19.3 Å². The molecule has 2 atom stereocenters. The Morgan fingerprint density at radius 2 is 2.09 bits per heavy atom. The molecule has 2 unspecified atom stereocenters. The largest absolute Gasteiger partial charge is 0.384 e. The Labute approximate surface area is 136 Å². The highest BCUT2D eigenvalue weighted by molar-refractivity contribution is 5.80. The van der Waals surface area contributed by atoms with E-state index in [1.165, 1.54) is 0 Å². The number of fused-ring (bicyclic) bond motifs is 1. The van der Waals surface area contributed by atoms with Crippen molar-refractivity contribution in [1.29, 1.82) is 0 Å². The van der Waals surface area contributed by atoms with Crippen molar-refractivity contribution in [3.63, 3.8) is 0 Å². The highest BCUT2D eigenvalue weighted by Crippen LogP contribution is 2.25. The van der Waals surface area contributed by atoms with Crippen molar-refractivity contribution in [2.75, 3.05) is 33.4 Å². The van der Waals surface area contributed by atoms with E-state index >= 15 is 0 Å². The molecule has 2 amide bonds. The van der Waals surface area contributed by atoms with Gasteiger partial charge in [0.15, 0.2) is 0 Å². The molecule has 3 rings (SSSR count). The van der Waals surface area contributed by atoms with Crippen molar-refractivity contribution in [2.24, 2.45) is 0 Å². The maximum Gasteiger partial charge on any atom is 0.249 e. The molecule has 2 heterocycles. The minimum atomic E-state index is -0.0945. The number of amides is 2. The summed E-state index contributed by atoms with van der Waals surface area (Å²) in [4.78, 5) is 28.1. The first kappa shape index (κ1) is 16.0. The molecule has 0 saturated carbocycles. The fraction of sp³-hybridized carbons (Fsp3) is 0.529. The first-order chi connectivity index (χ1) is 11.2. The van der Waals surface area contributed by atoms with Crippen molar-refractivity contribution >= 4 is 11.8 Å². The van der Waals surface area contributed by atoms with Gasteiger partial charge >= 0.3 is 0 Å². The van der Waals surface area contributed by atoms with Crippen molar-refractivity contribution in [2.45, 2.75) is 25.1 Å². The highest BCUT2D eigenvalue weighted by Gasteiger charge is 2.44. The van der Waals surface area contributed by atoms with E-state index in [4.69, 9.17) is 9.47 Å². The summed E-state index contributed by atoms with van der Waals surface area (Å²) in [5, 5.41) is 0. The van der Waals surface area contributed by atoms with Gasteiger partial charge in [-0.3, -0.25) is 9.59 Å². The summed E-state index contributed by atoms with van der Waals surface area (Å²) >= 11 is 0. The second kappa shape index (κ2) is 7.10. The van der Waals surface area contributed by atoms with E-state index in [9.17, 15) is 9.59 Å². The lowest BCUT2D eigenvalue weighted by molar-refractivity contribution is -0.153. The Morgan fingerprint density at radius 3 is 2.83 bits per heavy atom. The molecule has 6 heteroatoms. The van der Waals surface area contributed by atoms with Crippen molar-refractivity contribution in [1.82, 2.24) is 9.80 Å². The molecule has 0 aromatic heterocycles. The number of carbonyl (C=O) groups is 2. The molecule has 0 spiro atoms. The summed E-state index contributed by atoms with van der Waals surface area (Å²) in [6, 6.07) is 9.84. The summed E-state index contributed by atoms with van der Waals surface area (Å²) in [7, 11) is 1.58. The van der Waals surface area contributed by atoms with E-state index in [0.29, 0.717) is 32.7 Å². The van der Waals surface area contributed by atoms with Crippen molar-refractivity contribution in [3.05, 3.63) is 35.9 Å². The molecule has 124 valence electrons. The molecule has 1 aromatic carbocycles. The smallest absolute Gasteiger partial charge is 0.249 e. The summed E-state index contributed by atoms with van der Waals surface area (Å²) in [5.41, 5.74) is 1.09. The molecule has 0 aliphatic carbocycles. The van der Waals surface area contributed by atoms with Crippen LogP contribution in [0.2, 0.25) is 0 Å². The van der Waals surface area contributed by atoms with Gasteiger partial charge in [0.25, 0.3) is 0 Å². The lowest BCUT2D eigenvalue weighted by Gasteiger charge is -2.36. The van der Waals surface area contributed by atoms with Crippen LogP contribution in [0.25, 0.3) is 0 Å². The third-order valence-corrected chi connectivity index (χ3v) is 4.45. The van der Waals surface area contributed by atoms with Gasteiger partial charge in [-0.15, -0.1) is 0 Å². The monoisotopic (exact) mass is 318 g/mol. The maximum absolute atomic E-state index is 12.3. The van der Waals surface area contributed by atoms with Crippen LogP contribution < -0.4 is 0 Å². The number of methoxy groups -OCH3 is 1. The van der Waals surface area contributed by atoms with Crippen LogP contribution in [-0.4, -0.2) is 67.2 Å². The number of benzene rings is 1. The van der Waals surface area contributed by atoms with E-state index in [1.807, 2.05) is 35.2 Å². The van der Waals surface area contributed by atoms with Crippen LogP contribution in [0.3, 0.4) is 0 Å². The lowest BCUT2D eigenvalue weighted by atomic mass is 10.1. The molecule has 0 N–H and O–H groups in total. The van der Waals surface area contributed by atoms with E-state index in [0.717, 1.165) is 5.56 Å². The molecular formula is C17H22N2O4. The van der Waals surface area contributed by atoms with E-state index in [-0.39, 0.29) is 30.6 Å². The molecule has 23 heavy (non-hydrogen) atoms. The number of morpholine rings is 1. The predicted octanol–water partition coefficient (Wildman–Crippen LogP) is 0.661. The van der Waals surface area contributed by atoms with Gasteiger partial charge in [0.2, 0.25) is 11.8 Å². The average Bonchev–Trinajstić information content (AvgIpc) is 3.01. The Morgan fingerprint density at radius 1 is 1.30 bits per heavy atom. The van der Waals surface area contributed by atoms with Crippen LogP contribution in [0, 0.1) is 0 Å². The molecule has 6 nitrogen and oxygen atoms in total. The molecule has 0 bridgehead atoms. The first-order valence-corrected chi connectivity index (χ1v) is 7.90. The number of carbonyl (C=O) groups excluding carboxylic acids is 2. The Balaban J connectivity index is 1.68. The number of hydrogen-bond donors (Lipinski definition) is 0. The fourth-order valence-corrected chi connectivity index (χ4v) is 3.20. The molecule has 2 aliphatic rings. The van der Waals surface area contributed by atoms with Gasteiger partial charge in [-0.1, -0.05) is 30.3 Å². The molecule has 2 saturated heterocycles. The zero-order valence-corrected chi connectivity index (χ0v) is 13.3. The summed E-state index contributed by atoms with van der Waals surface area (Å²) < 4.78 is 10.6. The first-order valence-electron chi connectivity index (χ1n) is 7.90. The Hall–Kier alpha value is -1.92. The van der Waals surface area contributed by atoms with Gasteiger partial charge in [-0.25, -0.2) is 0 Å². The minimum absolute atomic E-state index is 0.0127. The quantitative estimate of drug-likeness (QED) is 0.800. The van der Waals surface area contributed by atoms with Crippen molar-refractivity contribution < 1.29 is 19.1 Å². The highest BCUT2D eigenvalue weighted by atomic mass is 16.5. The van der Waals surface area contributed by atoms with Crippen LogP contribution in [0.4, 0.5) is 0 Å². The number of rotatable bonds is 5. The summed E-state index contributed by atoms with van der Waals surface area (Å²) in [5.74, 6) is 0.0400. The molecule has 1 aromatic rings.